The third kappa shape index (κ3) is 4.49. The Bertz CT molecular complexity index is 1280. The van der Waals surface area contributed by atoms with Crippen molar-refractivity contribution in [3.05, 3.63) is 54.6 Å². The molecule has 4 heterocycles. The van der Waals surface area contributed by atoms with E-state index in [1.807, 2.05) is 31.4 Å². The molecule has 9 heteroatoms. The molecule has 0 aliphatic carbocycles. The number of benzene rings is 1. The standard InChI is InChI=1S/C24H27N7O2/c1-15(2)31-8-6-16(7-9-31)23-27-21(14-33-23)22(32)29-24-25-11-18-5-4-17(10-20(18)28-24)19-12-26-30(3)13-19/h4-5,10-16H,6-9H2,1-3H3,(H,25,28,29,32). The molecule has 0 unspecified atom stereocenters. The molecule has 9 nitrogen and oxygen atoms in total. The highest BCUT2D eigenvalue weighted by atomic mass is 16.3. The molecule has 4 aromatic rings. The van der Waals surface area contributed by atoms with E-state index in [0.29, 0.717) is 11.9 Å². The maximum absolute atomic E-state index is 12.7. The second kappa shape index (κ2) is 8.74. The summed E-state index contributed by atoms with van der Waals surface area (Å²) < 4.78 is 7.41. The van der Waals surface area contributed by atoms with Gasteiger partial charge in [-0.2, -0.15) is 5.10 Å². The molecule has 1 amide bonds. The Morgan fingerprint density at radius 3 is 2.70 bits per heavy atom. The van der Waals surface area contributed by atoms with Gasteiger partial charge in [0.2, 0.25) is 5.95 Å². The molecule has 1 fully saturated rings. The van der Waals surface area contributed by atoms with E-state index >= 15 is 0 Å². The third-order valence-electron chi connectivity index (χ3n) is 6.21. The summed E-state index contributed by atoms with van der Waals surface area (Å²) >= 11 is 0. The zero-order valence-corrected chi connectivity index (χ0v) is 19.0. The molecule has 1 aliphatic rings. The molecular formula is C24H27N7O2. The molecule has 0 radical (unpaired) electrons. The minimum Gasteiger partial charge on any atom is -0.448 e. The molecule has 0 spiro atoms. The van der Waals surface area contributed by atoms with Crippen LogP contribution in [0.15, 0.2) is 47.5 Å². The van der Waals surface area contributed by atoms with Crippen LogP contribution in [0.25, 0.3) is 22.0 Å². The van der Waals surface area contributed by atoms with Gasteiger partial charge >= 0.3 is 0 Å². The Morgan fingerprint density at radius 1 is 1.15 bits per heavy atom. The molecule has 1 N–H and O–H groups in total. The summed E-state index contributed by atoms with van der Waals surface area (Å²) in [6, 6.07) is 6.46. The van der Waals surface area contributed by atoms with Gasteiger partial charge in [-0.1, -0.05) is 12.1 Å². The first-order chi connectivity index (χ1) is 16.0. The zero-order chi connectivity index (χ0) is 22.9. The number of anilines is 1. The van der Waals surface area contributed by atoms with Gasteiger partial charge in [-0.05, 0) is 51.4 Å². The summed E-state index contributed by atoms with van der Waals surface area (Å²) in [7, 11) is 1.88. The lowest BCUT2D eigenvalue weighted by Gasteiger charge is -2.33. The Labute approximate surface area is 191 Å². The van der Waals surface area contributed by atoms with Gasteiger partial charge in [-0.15, -0.1) is 0 Å². The van der Waals surface area contributed by atoms with Crippen LogP contribution in [0.2, 0.25) is 0 Å². The Morgan fingerprint density at radius 2 is 1.97 bits per heavy atom. The predicted molar refractivity (Wildman–Crippen MR) is 125 cm³/mol. The first-order valence-corrected chi connectivity index (χ1v) is 11.2. The van der Waals surface area contributed by atoms with Crippen molar-refractivity contribution >= 4 is 22.8 Å². The number of nitrogens with zero attached hydrogens (tertiary/aromatic N) is 6. The molecule has 3 aromatic heterocycles. The number of hydrogen-bond donors (Lipinski definition) is 1. The number of carbonyl (C=O) groups is 1. The lowest BCUT2D eigenvalue weighted by atomic mass is 9.96. The van der Waals surface area contributed by atoms with Gasteiger partial charge in [0, 0.05) is 42.4 Å². The first kappa shape index (κ1) is 21.3. The summed E-state index contributed by atoms with van der Waals surface area (Å²) in [5.74, 6) is 0.714. The molecular weight excluding hydrogens is 418 g/mol. The van der Waals surface area contributed by atoms with Crippen molar-refractivity contribution in [2.24, 2.45) is 7.05 Å². The highest BCUT2D eigenvalue weighted by Gasteiger charge is 2.26. The number of fused-ring (bicyclic) bond motifs is 1. The van der Waals surface area contributed by atoms with Crippen LogP contribution >= 0.6 is 0 Å². The fourth-order valence-corrected chi connectivity index (χ4v) is 4.24. The number of nitrogens with one attached hydrogen (secondary N) is 1. The number of carbonyl (C=O) groups excluding carboxylic acids is 1. The molecule has 0 atom stereocenters. The monoisotopic (exact) mass is 445 g/mol. The maximum Gasteiger partial charge on any atom is 0.279 e. The first-order valence-electron chi connectivity index (χ1n) is 11.2. The molecule has 33 heavy (non-hydrogen) atoms. The zero-order valence-electron chi connectivity index (χ0n) is 19.0. The normalized spacial score (nSPS) is 15.4. The van der Waals surface area contributed by atoms with E-state index in [4.69, 9.17) is 4.42 Å². The van der Waals surface area contributed by atoms with Crippen molar-refractivity contribution in [2.75, 3.05) is 18.4 Å². The second-order valence-corrected chi connectivity index (χ2v) is 8.80. The van der Waals surface area contributed by atoms with Crippen LogP contribution in [0.3, 0.4) is 0 Å². The van der Waals surface area contributed by atoms with Gasteiger partial charge in [-0.3, -0.25) is 14.8 Å². The lowest BCUT2D eigenvalue weighted by molar-refractivity contribution is 0.102. The highest BCUT2D eigenvalue weighted by molar-refractivity contribution is 6.02. The molecule has 0 bridgehead atoms. The SMILES string of the molecule is CC(C)N1CCC(c2nc(C(=O)Nc3ncc4ccc(-c5cnn(C)c5)cc4n3)co2)CC1. The van der Waals surface area contributed by atoms with Gasteiger partial charge in [0.15, 0.2) is 11.6 Å². The van der Waals surface area contributed by atoms with Crippen molar-refractivity contribution < 1.29 is 9.21 Å². The summed E-state index contributed by atoms with van der Waals surface area (Å²) in [6.45, 7) is 6.45. The van der Waals surface area contributed by atoms with Crippen LogP contribution in [0.1, 0.15) is 49.0 Å². The smallest absolute Gasteiger partial charge is 0.279 e. The summed E-state index contributed by atoms with van der Waals surface area (Å²) in [5, 5.41) is 7.85. The number of likely N-dealkylation sites (tertiary alicyclic amines) is 1. The van der Waals surface area contributed by atoms with E-state index in [0.717, 1.165) is 48.0 Å². The number of hydrogen-bond acceptors (Lipinski definition) is 7. The number of piperidine rings is 1. The van der Waals surface area contributed by atoms with Gasteiger partial charge in [0.25, 0.3) is 5.91 Å². The third-order valence-corrected chi connectivity index (χ3v) is 6.21. The molecule has 0 saturated carbocycles. The van der Waals surface area contributed by atoms with Gasteiger partial charge < -0.3 is 9.32 Å². The van der Waals surface area contributed by atoms with Crippen LogP contribution < -0.4 is 5.32 Å². The van der Waals surface area contributed by atoms with Crippen molar-refractivity contribution in [2.45, 2.75) is 38.6 Å². The van der Waals surface area contributed by atoms with Gasteiger partial charge in [0.1, 0.15) is 6.26 Å². The van der Waals surface area contributed by atoms with Crippen molar-refractivity contribution in [1.29, 1.82) is 0 Å². The predicted octanol–water partition coefficient (Wildman–Crippen LogP) is 3.86. The molecule has 1 aromatic carbocycles. The fraction of sp³-hybridized carbons (Fsp3) is 0.375. The number of amides is 1. The van der Waals surface area contributed by atoms with E-state index in [9.17, 15) is 4.79 Å². The Balaban J connectivity index is 1.29. The average Bonchev–Trinajstić information content (AvgIpc) is 3.48. The van der Waals surface area contributed by atoms with Crippen molar-refractivity contribution in [3.63, 3.8) is 0 Å². The van der Waals surface area contributed by atoms with E-state index in [1.54, 1.807) is 17.1 Å². The summed E-state index contributed by atoms with van der Waals surface area (Å²) in [5.41, 5.74) is 2.97. The number of aromatic nitrogens is 5. The van der Waals surface area contributed by atoms with E-state index < -0.39 is 0 Å². The van der Waals surface area contributed by atoms with Crippen LogP contribution in [-0.2, 0) is 7.05 Å². The van der Waals surface area contributed by atoms with E-state index in [-0.39, 0.29) is 23.5 Å². The number of rotatable bonds is 5. The minimum absolute atomic E-state index is 0.227. The molecule has 170 valence electrons. The van der Waals surface area contributed by atoms with Crippen molar-refractivity contribution in [1.82, 2.24) is 29.6 Å². The van der Waals surface area contributed by atoms with Crippen molar-refractivity contribution in [3.8, 4) is 11.1 Å². The fourth-order valence-electron chi connectivity index (χ4n) is 4.24. The van der Waals surface area contributed by atoms with Gasteiger partial charge in [0.05, 0.1) is 11.7 Å². The molecule has 5 rings (SSSR count). The Kier molecular flexibility index (Phi) is 5.63. The topological polar surface area (TPSA) is 102 Å². The summed E-state index contributed by atoms with van der Waals surface area (Å²) in [6.07, 6.45) is 8.82. The highest BCUT2D eigenvalue weighted by Crippen LogP contribution is 2.28. The lowest BCUT2D eigenvalue weighted by Crippen LogP contribution is -2.37. The average molecular weight is 446 g/mol. The largest absolute Gasteiger partial charge is 0.448 e. The van der Waals surface area contributed by atoms with Crippen LogP contribution in [0, 0.1) is 0 Å². The number of aryl methyl sites for hydroxylation is 1. The molecule has 1 aliphatic heterocycles. The van der Waals surface area contributed by atoms with Crippen LogP contribution in [-0.4, -0.2) is 54.7 Å². The quantitative estimate of drug-likeness (QED) is 0.498. The second-order valence-electron chi connectivity index (χ2n) is 8.80. The number of oxazole rings is 1. The van der Waals surface area contributed by atoms with Crippen LogP contribution in [0.4, 0.5) is 5.95 Å². The molecule has 1 saturated heterocycles. The van der Waals surface area contributed by atoms with Gasteiger partial charge in [-0.25, -0.2) is 15.0 Å². The van der Waals surface area contributed by atoms with Crippen LogP contribution in [0.5, 0.6) is 0 Å². The van der Waals surface area contributed by atoms with E-state index in [1.165, 1.54) is 6.26 Å². The summed E-state index contributed by atoms with van der Waals surface area (Å²) in [4.78, 5) is 28.4. The minimum atomic E-state index is -0.382. The maximum atomic E-state index is 12.7. The van der Waals surface area contributed by atoms with E-state index in [2.05, 4.69) is 44.1 Å². The Hall–Kier alpha value is -3.59.